The van der Waals surface area contributed by atoms with Crippen LogP contribution < -0.4 is 0 Å². The summed E-state index contributed by atoms with van der Waals surface area (Å²) < 4.78 is 30.9. The molecular weight excluding hydrogens is 256 g/mol. The Balaban J connectivity index is 2.18. The van der Waals surface area contributed by atoms with Gasteiger partial charge in [0.1, 0.15) is 10.6 Å². The topological polar surface area (TPSA) is 112 Å². The number of hydrogen-bond donors (Lipinski definition) is 3. The quantitative estimate of drug-likeness (QED) is 0.602. The third-order valence-corrected chi connectivity index (χ3v) is 3.38. The smallest absolute Gasteiger partial charge is 0.296 e. The van der Waals surface area contributed by atoms with Gasteiger partial charge in [-0.15, -0.1) is 0 Å². The number of nitrogens with zero attached hydrogens (tertiary/aromatic N) is 2. The fraction of sp³-hybridized carbons (Fsp3) is 0. The van der Waals surface area contributed by atoms with E-state index in [0.717, 1.165) is 5.39 Å². The molecule has 3 aromatic rings. The minimum absolute atomic E-state index is 0.197. The lowest BCUT2D eigenvalue weighted by Crippen LogP contribution is -1.94. The van der Waals surface area contributed by atoms with Crippen LogP contribution in [0.1, 0.15) is 0 Å². The van der Waals surface area contributed by atoms with Crippen LogP contribution in [0.25, 0.3) is 22.4 Å². The van der Waals surface area contributed by atoms with E-state index in [1.807, 2.05) is 6.07 Å². The highest BCUT2D eigenvalue weighted by atomic mass is 32.2. The van der Waals surface area contributed by atoms with Gasteiger partial charge in [0.25, 0.3) is 10.1 Å². The predicted octanol–water partition coefficient (Wildman–Crippen LogP) is 1.20. The molecule has 0 aliphatic rings. The third kappa shape index (κ3) is 1.67. The van der Waals surface area contributed by atoms with E-state index in [9.17, 15) is 8.42 Å². The molecule has 0 aliphatic heterocycles. The normalized spacial score (nSPS) is 12.1. The Labute approximate surface area is 102 Å². The van der Waals surface area contributed by atoms with Gasteiger partial charge in [-0.25, -0.2) is 4.98 Å². The molecule has 7 nitrogen and oxygen atoms in total. The molecule has 3 heterocycles. The van der Waals surface area contributed by atoms with Crippen molar-refractivity contribution in [2.45, 2.75) is 4.90 Å². The van der Waals surface area contributed by atoms with Crippen molar-refractivity contribution in [3.8, 4) is 11.4 Å². The molecule has 0 amide bonds. The van der Waals surface area contributed by atoms with Crippen molar-refractivity contribution in [1.29, 1.82) is 0 Å². The number of hydrogen-bond acceptors (Lipinski definition) is 4. The van der Waals surface area contributed by atoms with Crippen molar-refractivity contribution in [2.75, 3.05) is 0 Å². The van der Waals surface area contributed by atoms with Gasteiger partial charge in [0.15, 0.2) is 5.65 Å². The molecule has 8 heteroatoms. The molecule has 0 atom stereocenters. The van der Waals surface area contributed by atoms with Gasteiger partial charge in [-0.2, -0.15) is 13.5 Å². The first-order valence-electron chi connectivity index (χ1n) is 5.01. The molecule has 0 saturated carbocycles. The molecule has 0 aromatic carbocycles. The highest BCUT2D eigenvalue weighted by Crippen LogP contribution is 2.25. The van der Waals surface area contributed by atoms with Gasteiger partial charge < -0.3 is 4.98 Å². The summed E-state index contributed by atoms with van der Waals surface area (Å²) >= 11 is 0. The van der Waals surface area contributed by atoms with Crippen LogP contribution in [0, 0.1) is 0 Å². The van der Waals surface area contributed by atoms with Crippen molar-refractivity contribution < 1.29 is 13.0 Å². The monoisotopic (exact) mass is 264 g/mol. The molecule has 0 unspecified atom stereocenters. The lowest BCUT2D eigenvalue weighted by molar-refractivity contribution is 0.483. The number of aromatic amines is 2. The zero-order chi connectivity index (χ0) is 12.8. The van der Waals surface area contributed by atoms with E-state index in [1.54, 1.807) is 12.3 Å². The summed E-state index contributed by atoms with van der Waals surface area (Å²) in [5.74, 6) is 0. The fourth-order valence-electron chi connectivity index (χ4n) is 1.72. The first kappa shape index (κ1) is 10.9. The van der Waals surface area contributed by atoms with Crippen LogP contribution >= 0.6 is 0 Å². The average molecular weight is 264 g/mol. The summed E-state index contributed by atoms with van der Waals surface area (Å²) in [6.07, 6.45) is 2.84. The average Bonchev–Trinajstić information content (AvgIpc) is 2.94. The minimum Gasteiger partial charge on any atom is -0.358 e. The maximum absolute atomic E-state index is 11.0. The SMILES string of the molecule is O=S(=O)(O)c1c[nH]c(-c2n[nH]c3ncccc23)c1. The van der Waals surface area contributed by atoms with Crippen LogP contribution in [0.3, 0.4) is 0 Å². The maximum atomic E-state index is 11.0. The lowest BCUT2D eigenvalue weighted by Gasteiger charge is -1.92. The molecule has 18 heavy (non-hydrogen) atoms. The summed E-state index contributed by atoms with van der Waals surface area (Å²) in [7, 11) is -4.21. The fourth-order valence-corrected chi connectivity index (χ4v) is 2.19. The number of rotatable bonds is 2. The first-order chi connectivity index (χ1) is 8.55. The van der Waals surface area contributed by atoms with Gasteiger partial charge in [0.2, 0.25) is 0 Å². The zero-order valence-electron chi connectivity index (χ0n) is 8.95. The van der Waals surface area contributed by atoms with E-state index < -0.39 is 10.1 Å². The molecule has 3 rings (SSSR count). The molecule has 3 aromatic heterocycles. The minimum atomic E-state index is -4.21. The van der Waals surface area contributed by atoms with Gasteiger partial charge in [-0.1, -0.05) is 0 Å². The van der Waals surface area contributed by atoms with Gasteiger partial charge >= 0.3 is 0 Å². The summed E-state index contributed by atoms with van der Waals surface area (Å²) in [6.45, 7) is 0. The Kier molecular flexibility index (Phi) is 2.22. The Morgan fingerprint density at radius 2 is 2.17 bits per heavy atom. The largest absolute Gasteiger partial charge is 0.358 e. The van der Waals surface area contributed by atoms with Crippen LogP contribution in [0.2, 0.25) is 0 Å². The lowest BCUT2D eigenvalue weighted by atomic mass is 10.2. The van der Waals surface area contributed by atoms with Crippen LogP contribution in [-0.2, 0) is 10.1 Å². The summed E-state index contributed by atoms with van der Waals surface area (Å²) in [6, 6.07) is 4.89. The van der Waals surface area contributed by atoms with Gasteiger partial charge in [0, 0.05) is 17.8 Å². The zero-order valence-corrected chi connectivity index (χ0v) is 9.77. The number of fused-ring (bicyclic) bond motifs is 1. The molecule has 0 radical (unpaired) electrons. The molecule has 0 aliphatic carbocycles. The van der Waals surface area contributed by atoms with Gasteiger partial charge in [-0.3, -0.25) is 9.65 Å². The van der Waals surface area contributed by atoms with E-state index >= 15 is 0 Å². The predicted molar refractivity (Wildman–Crippen MR) is 63.5 cm³/mol. The number of aromatic nitrogens is 4. The Bertz CT molecular complexity index is 818. The second-order valence-electron chi connectivity index (χ2n) is 3.70. The van der Waals surface area contributed by atoms with Gasteiger partial charge in [-0.05, 0) is 18.2 Å². The van der Waals surface area contributed by atoms with Crippen molar-refractivity contribution in [2.24, 2.45) is 0 Å². The number of H-pyrrole nitrogens is 2. The number of nitrogens with one attached hydrogen (secondary N) is 2. The van der Waals surface area contributed by atoms with Crippen molar-refractivity contribution in [3.63, 3.8) is 0 Å². The maximum Gasteiger partial charge on any atom is 0.296 e. The molecule has 0 bridgehead atoms. The second-order valence-corrected chi connectivity index (χ2v) is 5.12. The Hall–Kier alpha value is -2.19. The summed E-state index contributed by atoms with van der Waals surface area (Å²) in [4.78, 5) is 6.64. The van der Waals surface area contributed by atoms with E-state index in [4.69, 9.17) is 4.55 Å². The van der Waals surface area contributed by atoms with Gasteiger partial charge in [0.05, 0.1) is 5.69 Å². The van der Waals surface area contributed by atoms with E-state index in [2.05, 4.69) is 20.2 Å². The van der Waals surface area contributed by atoms with E-state index in [0.29, 0.717) is 17.0 Å². The highest BCUT2D eigenvalue weighted by Gasteiger charge is 2.15. The van der Waals surface area contributed by atoms with Crippen molar-refractivity contribution >= 4 is 21.2 Å². The van der Waals surface area contributed by atoms with E-state index in [1.165, 1.54) is 12.3 Å². The molecule has 0 spiro atoms. The van der Waals surface area contributed by atoms with Crippen molar-refractivity contribution in [3.05, 3.63) is 30.6 Å². The molecule has 3 N–H and O–H groups in total. The van der Waals surface area contributed by atoms with Crippen molar-refractivity contribution in [1.82, 2.24) is 20.2 Å². The second kappa shape index (κ2) is 3.65. The molecular formula is C10H8N4O3S. The third-order valence-electron chi connectivity index (χ3n) is 2.55. The highest BCUT2D eigenvalue weighted by molar-refractivity contribution is 7.85. The molecule has 0 fully saturated rings. The van der Waals surface area contributed by atoms with Crippen LogP contribution in [0.15, 0.2) is 35.5 Å². The van der Waals surface area contributed by atoms with Crippen LogP contribution in [-0.4, -0.2) is 33.1 Å². The molecule has 0 saturated heterocycles. The Morgan fingerprint density at radius 3 is 2.89 bits per heavy atom. The Morgan fingerprint density at radius 1 is 1.33 bits per heavy atom. The van der Waals surface area contributed by atoms with E-state index in [-0.39, 0.29) is 4.90 Å². The molecule has 92 valence electrons. The number of pyridine rings is 1. The first-order valence-corrected chi connectivity index (χ1v) is 6.45. The summed E-state index contributed by atoms with van der Waals surface area (Å²) in [5.41, 5.74) is 1.64. The standard InChI is InChI=1S/C10H8N4O3S/c15-18(16,17)6-4-8(12-5-6)9-7-2-1-3-11-10(7)14-13-9/h1-5,12H,(H,11,13,14)(H,15,16,17). The summed E-state index contributed by atoms with van der Waals surface area (Å²) in [5, 5.41) is 7.57. The van der Waals surface area contributed by atoms with Crippen LogP contribution in [0.5, 0.6) is 0 Å². The van der Waals surface area contributed by atoms with Crippen LogP contribution in [0.4, 0.5) is 0 Å².